The maximum absolute atomic E-state index is 12.9. The first-order valence-corrected chi connectivity index (χ1v) is 7.82. The van der Waals surface area contributed by atoms with Gasteiger partial charge >= 0.3 is 6.18 Å². The molecule has 0 atom stereocenters. The quantitative estimate of drug-likeness (QED) is 0.599. The Morgan fingerprint density at radius 3 is 2.00 bits per heavy atom. The molecule has 0 heterocycles. The molecule has 0 bridgehead atoms. The summed E-state index contributed by atoms with van der Waals surface area (Å²) in [6.07, 6.45) is -4.70. The summed E-state index contributed by atoms with van der Waals surface area (Å²) in [6, 6.07) is 6.83. The van der Waals surface area contributed by atoms with Crippen LogP contribution in [0.1, 0.15) is 5.56 Å². The second kappa shape index (κ2) is 5.31. The first-order chi connectivity index (χ1) is 9.59. The van der Waals surface area contributed by atoms with Crippen LogP contribution in [0.15, 0.2) is 47.4 Å². The number of hydrogen-bond donors (Lipinski definition) is 0. The minimum atomic E-state index is -4.70. The Hall–Kier alpha value is -1.60. The number of rotatable bonds is 2. The van der Waals surface area contributed by atoms with Gasteiger partial charge in [0.1, 0.15) is 5.82 Å². The average molecular weight is 339 g/mol. The van der Waals surface area contributed by atoms with Crippen molar-refractivity contribution in [3.8, 4) is 11.1 Å². The monoisotopic (exact) mass is 338 g/mol. The van der Waals surface area contributed by atoms with Gasteiger partial charge in [0.15, 0.2) is 0 Å². The van der Waals surface area contributed by atoms with E-state index in [4.69, 9.17) is 10.7 Å². The van der Waals surface area contributed by atoms with Crippen LogP contribution in [0.25, 0.3) is 11.1 Å². The summed E-state index contributed by atoms with van der Waals surface area (Å²) < 4.78 is 73.8. The molecule has 0 fully saturated rings. The molecule has 0 amide bonds. The molecule has 21 heavy (non-hydrogen) atoms. The predicted octanol–water partition coefficient (Wildman–Crippen LogP) is 4.44. The van der Waals surface area contributed by atoms with Crippen LogP contribution in [-0.4, -0.2) is 8.42 Å². The van der Waals surface area contributed by atoms with Crippen molar-refractivity contribution in [1.29, 1.82) is 0 Å². The van der Waals surface area contributed by atoms with Gasteiger partial charge in [0.2, 0.25) is 0 Å². The zero-order valence-corrected chi connectivity index (χ0v) is 11.7. The summed E-state index contributed by atoms with van der Waals surface area (Å²) in [5.41, 5.74) is -0.921. The number of hydrogen-bond acceptors (Lipinski definition) is 2. The highest BCUT2D eigenvalue weighted by molar-refractivity contribution is 8.13. The minimum Gasteiger partial charge on any atom is -0.207 e. The van der Waals surface area contributed by atoms with Gasteiger partial charge in [-0.1, -0.05) is 18.2 Å². The number of benzene rings is 2. The van der Waals surface area contributed by atoms with Crippen molar-refractivity contribution < 1.29 is 26.0 Å². The smallest absolute Gasteiger partial charge is 0.207 e. The molecule has 0 aliphatic rings. The molecule has 0 aliphatic heterocycles. The zero-order chi connectivity index (χ0) is 15.8. The van der Waals surface area contributed by atoms with Crippen molar-refractivity contribution in [2.45, 2.75) is 11.1 Å². The second-order valence-corrected chi connectivity index (χ2v) is 6.69. The minimum absolute atomic E-state index is 0.0296. The van der Waals surface area contributed by atoms with E-state index in [0.29, 0.717) is 6.07 Å². The molecule has 2 rings (SSSR count). The summed E-state index contributed by atoms with van der Waals surface area (Å²) in [5.74, 6) is -0.555. The summed E-state index contributed by atoms with van der Waals surface area (Å²) in [4.78, 5) is -0.675. The fraction of sp³-hybridized carbons (Fsp3) is 0.0769. The number of alkyl halides is 3. The van der Waals surface area contributed by atoms with Crippen molar-refractivity contribution in [2.24, 2.45) is 0 Å². The zero-order valence-electron chi connectivity index (χ0n) is 10.2. The van der Waals surface area contributed by atoms with Gasteiger partial charge in [-0.3, -0.25) is 0 Å². The fourth-order valence-electron chi connectivity index (χ4n) is 1.77. The third-order valence-electron chi connectivity index (χ3n) is 2.73. The van der Waals surface area contributed by atoms with Crippen molar-refractivity contribution in [3.63, 3.8) is 0 Å². The van der Waals surface area contributed by atoms with E-state index in [-0.39, 0.29) is 11.1 Å². The summed E-state index contributed by atoms with van der Waals surface area (Å²) >= 11 is 0. The predicted molar refractivity (Wildman–Crippen MR) is 69.9 cm³/mol. The largest absolute Gasteiger partial charge is 0.416 e. The van der Waals surface area contributed by atoms with Crippen LogP contribution in [0.2, 0.25) is 0 Å². The van der Waals surface area contributed by atoms with Crippen molar-refractivity contribution in [3.05, 3.63) is 53.8 Å². The molecule has 0 aliphatic carbocycles. The Morgan fingerprint density at radius 1 is 0.952 bits per heavy atom. The first kappa shape index (κ1) is 15.8. The summed E-state index contributed by atoms with van der Waals surface area (Å²) in [7, 11) is 0.802. The Balaban J connectivity index is 2.69. The van der Waals surface area contributed by atoms with E-state index in [1.807, 2.05) is 0 Å². The fourth-order valence-corrected chi connectivity index (χ4v) is 2.87. The van der Waals surface area contributed by atoms with Crippen LogP contribution in [0.4, 0.5) is 17.6 Å². The molecule has 0 radical (unpaired) electrons. The lowest BCUT2D eigenvalue weighted by molar-refractivity contribution is -0.137. The van der Waals surface area contributed by atoms with Gasteiger partial charge in [-0.2, -0.15) is 13.2 Å². The SMILES string of the molecule is O=S(=O)(Cl)c1cc(C(F)(F)F)ccc1-c1ccc(F)cc1. The molecule has 2 aromatic rings. The van der Waals surface area contributed by atoms with E-state index in [1.54, 1.807) is 0 Å². The van der Waals surface area contributed by atoms with E-state index in [9.17, 15) is 26.0 Å². The Labute approximate surface area is 122 Å². The van der Waals surface area contributed by atoms with E-state index in [0.717, 1.165) is 24.3 Å². The number of halogens is 5. The van der Waals surface area contributed by atoms with Gasteiger partial charge in [-0.15, -0.1) is 0 Å². The Kier molecular flexibility index (Phi) is 3.99. The van der Waals surface area contributed by atoms with Crippen LogP contribution >= 0.6 is 10.7 Å². The Bertz CT molecular complexity index is 768. The lowest BCUT2D eigenvalue weighted by Gasteiger charge is -2.12. The highest BCUT2D eigenvalue weighted by atomic mass is 35.7. The molecule has 2 nitrogen and oxygen atoms in total. The molecule has 2 aromatic carbocycles. The molecule has 0 unspecified atom stereocenters. The first-order valence-electron chi connectivity index (χ1n) is 5.51. The third kappa shape index (κ3) is 3.54. The molecule has 0 saturated heterocycles. The third-order valence-corrected chi connectivity index (χ3v) is 4.09. The van der Waals surface area contributed by atoms with Crippen molar-refractivity contribution in [2.75, 3.05) is 0 Å². The van der Waals surface area contributed by atoms with Gasteiger partial charge in [-0.25, -0.2) is 12.8 Å². The van der Waals surface area contributed by atoms with Crippen LogP contribution < -0.4 is 0 Å². The molecule has 0 N–H and O–H groups in total. The molecular weight excluding hydrogens is 332 g/mol. The van der Waals surface area contributed by atoms with E-state index < -0.39 is 31.5 Å². The van der Waals surface area contributed by atoms with Crippen molar-refractivity contribution >= 4 is 19.7 Å². The van der Waals surface area contributed by atoms with Gasteiger partial charge in [0.05, 0.1) is 10.5 Å². The van der Waals surface area contributed by atoms with Gasteiger partial charge in [0, 0.05) is 16.2 Å². The van der Waals surface area contributed by atoms with Crippen molar-refractivity contribution in [1.82, 2.24) is 0 Å². The highest BCUT2D eigenvalue weighted by Crippen LogP contribution is 2.36. The lowest BCUT2D eigenvalue weighted by Crippen LogP contribution is -2.07. The normalized spacial score (nSPS) is 12.4. The maximum atomic E-state index is 12.9. The summed E-state index contributed by atoms with van der Waals surface area (Å²) in [6.45, 7) is 0. The van der Waals surface area contributed by atoms with Gasteiger partial charge < -0.3 is 0 Å². The topological polar surface area (TPSA) is 34.1 Å². The molecule has 112 valence electrons. The van der Waals surface area contributed by atoms with Crippen LogP contribution in [-0.2, 0) is 15.2 Å². The van der Waals surface area contributed by atoms with Crippen LogP contribution in [0.5, 0.6) is 0 Å². The average Bonchev–Trinajstić information content (AvgIpc) is 2.37. The molecule has 0 spiro atoms. The summed E-state index contributed by atoms with van der Waals surface area (Å²) in [5, 5.41) is 0. The maximum Gasteiger partial charge on any atom is 0.416 e. The molecular formula is C13H7ClF4O2S. The second-order valence-electron chi connectivity index (χ2n) is 4.15. The van der Waals surface area contributed by atoms with E-state index in [1.165, 1.54) is 12.1 Å². The standard InChI is InChI=1S/C13H7ClF4O2S/c14-21(19,20)12-7-9(13(16,17)18)3-6-11(12)8-1-4-10(15)5-2-8/h1-7H. The van der Waals surface area contributed by atoms with Gasteiger partial charge in [-0.05, 0) is 29.8 Å². The molecule has 0 aromatic heterocycles. The lowest BCUT2D eigenvalue weighted by atomic mass is 10.0. The van der Waals surface area contributed by atoms with Crippen LogP contribution in [0.3, 0.4) is 0 Å². The molecule has 0 saturated carbocycles. The van der Waals surface area contributed by atoms with E-state index >= 15 is 0 Å². The van der Waals surface area contributed by atoms with Gasteiger partial charge in [0.25, 0.3) is 9.05 Å². The van der Waals surface area contributed by atoms with Crippen LogP contribution in [0, 0.1) is 5.82 Å². The molecule has 8 heteroatoms. The Morgan fingerprint density at radius 2 is 1.52 bits per heavy atom. The highest BCUT2D eigenvalue weighted by Gasteiger charge is 2.32. The van der Waals surface area contributed by atoms with E-state index in [2.05, 4.69) is 0 Å².